The number of carbonyl (C=O) groups is 2. The van der Waals surface area contributed by atoms with Crippen molar-refractivity contribution in [2.45, 2.75) is 46.8 Å². The van der Waals surface area contributed by atoms with E-state index in [-0.39, 0.29) is 46.7 Å². The normalized spacial score (nSPS) is 12.3. The van der Waals surface area contributed by atoms with Crippen LogP contribution in [0.2, 0.25) is 0 Å². The van der Waals surface area contributed by atoms with Gasteiger partial charge in [0.25, 0.3) is 5.91 Å². The summed E-state index contributed by atoms with van der Waals surface area (Å²) in [6.45, 7) is 6.37. The molecule has 39 heavy (non-hydrogen) atoms. The second-order valence-corrected chi connectivity index (χ2v) is 9.89. The first-order chi connectivity index (χ1) is 18.4. The van der Waals surface area contributed by atoms with E-state index >= 15 is 0 Å². The smallest absolute Gasteiger partial charge is 0.273 e. The van der Waals surface area contributed by atoms with Crippen LogP contribution in [0.3, 0.4) is 0 Å². The molecule has 0 aliphatic rings. The number of nitrogens with zero attached hydrogens (tertiary/aromatic N) is 5. The van der Waals surface area contributed by atoms with Crippen molar-refractivity contribution in [3.05, 3.63) is 76.4 Å². The van der Waals surface area contributed by atoms with Crippen molar-refractivity contribution in [1.82, 2.24) is 30.6 Å². The van der Waals surface area contributed by atoms with E-state index in [2.05, 4.69) is 25.9 Å². The van der Waals surface area contributed by atoms with Crippen LogP contribution in [-0.2, 0) is 17.9 Å². The van der Waals surface area contributed by atoms with Gasteiger partial charge in [-0.25, -0.2) is 13.2 Å². The van der Waals surface area contributed by atoms with Crippen LogP contribution in [0, 0.1) is 41.1 Å². The van der Waals surface area contributed by atoms with Crippen LogP contribution in [-0.4, -0.2) is 37.8 Å². The number of fused-ring (bicyclic) bond motifs is 1. The van der Waals surface area contributed by atoms with Crippen LogP contribution >= 0.6 is 0 Å². The predicted octanol–water partition coefficient (Wildman–Crippen LogP) is 3.53. The zero-order valence-electron chi connectivity index (χ0n) is 21.5. The highest BCUT2D eigenvalue weighted by Gasteiger charge is 2.34. The molecule has 0 saturated heterocycles. The lowest BCUT2D eigenvalue weighted by atomic mass is 9.86. The molecule has 0 aliphatic heterocycles. The molecule has 4 aromatic rings. The summed E-state index contributed by atoms with van der Waals surface area (Å²) in [4.78, 5) is 26.4. The van der Waals surface area contributed by atoms with Gasteiger partial charge in [0.1, 0.15) is 17.4 Å². The molecule has 0 spiro atoms. The minimum Gasteiger partial charge on any atom is -0.424 e. The highest BCUT2D eigenvalue weighted by Crippen LogP contribution is 2.26. The third-order valence-electron chi connectivity index (χ3n) is 5.91. The first kappa shape index (κ1) is 27.3. The summed E-state index contributed by atoms with van der Waals surface area (Å²) < 4.78 is 49.8. The molecule has 0 aliphatic carbocycles. The number of benzene rings is 2. The topological polar surface area (TPSA) is 139 Å². The number of carbonyl (C=O) groups excluding carboxylic acids is 2. The molecular formula is C26H24F3N7O3. The van der Waals surface area contributed by atoms with E-state index in [9.17, 15) is 22.8 Å². The second-order valence-electron chi connectivity index (χ2n) is 9.89. The van der Waals surface area contributed by atoms with Crippen molar-refractivity contribution < 1.29 is 27.2 Å². The zero-order chi connectivity index (χ0) is 28.5. The van der Waals surface area contributed by atoms with Gasteiger partial charge in [0.2, 0.25) is 17.7 Å². The van der Waals surface area contributed by atoms with Crippen LogP contribution in [0.15, 0.2) is 34.7 Å². The number of hydrogen-bond donors (Lipinski definition) is 2. The molecule has 0 unspecified atom stereocenters. The van der Waals surface area contributed by atoms with Gasteiger partial charge in [0.15, 0.2) is 17.3 Å². The summed E-state index contributed by atoms with van der Waals surface area (Å²) in [6, 6.07) is 6.48. The molecule has 2 amide bonds. The Morgan fingerprint density at radius 3 is 2.49 bits per heavy atom. The summed E-state index contributed by atoms with van der Waals surface area (Å²) in [5.74, 6) is -4.07. The molecule has 4 rings (SSSR count). The molecule has 2 aromatic heterocycles. The molecule has 0 radical (unpaired) electrons. The summed E-state index contributed by atoms with van der Waals surface area (Å²) in [6.07, 6.45) is 0. The molecule has 2 N–H and O–H groups in total. The highest BCUT2D eigenvalue weighted by atomic mass is 19.2. The summed E-state index contributed by atoms with van der Waals surface area (Å²) in [5.41, 5.74) is -1.29. The first-order valence-electron chi connectivity index (χ1n) is 11.8. The standard InChI is InChI=1S/C26H24F3N7O3/c1-13-33-34-19(39-13)11-31-25(38)23(26(2,3)4)32-24(37)21-16-7-8-17(27)20(29)22(16)36(35-21)12-15-6-5-14(10-30)9-18(15)28/h5-9,23H,11-12H2,1-4H3,(H,31,38)(H,32,37)/t23-/m1/s1. The van der Waals surface area contributed by atoms with Gasteiger partial charge in [-0.2, -0.15) is 10.4 Å². The number of nitriles is 1. The lowest BCUT2D eigenvalue weighted by Gasteiger charge is -2.30. The fourth-order valence-corrected chi connectivity index (χ4v) is 3.95. The second kappa shape index (κ2) is 10.6. The van der Waals surface area contributed by atoms with E-state index < -0.39 is 40.7 Å². The first-order valence-corrected chi connectivity index (χ1v) is 11.8. The number of amides is 2. The quantitative estimate of drug-likeness (QED) is 0.366. The van der Waals surface area contributed by atoms with Gasteiger partial charge < -0.3 is 15.1 Å². The van der Waals surface area contributed by atoms with E-state index in [1.54, 1.807) is 27.7 Å². The van der Waals surface area contributed by atoms with E-state index in [0.717, 1.165) is 16.8 Å². The van der Waals surface area contributed by atoms with Gasteiger partial charge >= 0.3 is 0 Å². The van der Waals surface area contributed by atoms with Crippen molar-refractivity contribution in [3.63, 3.8) is 0 Å². The molecule has 2 heterocycles. The number of aryl methyl sites for hydroxylation is 1. The number of rotatable bonds is 7. The maximum absolute atomic E-state index is 14.9. The predicted molar refractivity (Wildman–Crippen MR) is 131 cm³/mol. The Bertz CT molecular complexity index is 1620. The third-order valence-corrected chi connectivity index (χ3v) is 5.91. The van der Waals surface area contributed by atoms with E-state index in [1.165, 1.54) is 18.2 Å². The van der Waals surface area contributed by atoms with Crippen molar-refractivity contribution in [2.75, 3.05) is 0 Å². The average Bonchev–Trinajstić information content (AvgIpc) is 3.47. The van der Waals surface area contributed by atoms with E-state index in [0.29, 0.717) is 5.89 Å². The number of halogens is 3. The largest absolute Gasteiger partial charge is 0.424 e. The Hall–Kier alpha value is -4.73. The van der Waals surface area contributed by atoms with Crippen molar-refractivity contribution in [1.29, 1.82) is 5.26 Å². The minimum atomic E-state index is -1.27. The Morgan fingerprint density at radius 2 is 1.87 bits per heavy atom. The van der Waals surface area contributed by atoms with Crippen LogP contribution < -0.4 is 10.6 Å². The molecule has 13 heteroatoms. The fourth-order valence-electron chi connectivity index (χ4n) is 3.95. The Balaban J connectivity index is 1.66. The zero-order valence-corrected chi connectivity index (χ0v) is 21.5. The van der Waals surface area contributed by atoms with Gasteiger partial charge in [0, 0.05) is 17.9 Å². The SMILES string of the molecule is Cc1nnc(CNC(=O)[C@@H](NC(=O)c2nn(Cc3ccc(C#N)cc3F)c3c(F)c(F)ccc23)C(C)(C)C)o1. The summed E-state index contributed by atoms with van der Waals surface area (Å²) in [7, 11) is 0. The van der Waals surface area contributed by atoms with Gasteiger partial charge in [-0.3, -0.25) is 14.3 Å². The molecule has 202 valence electrons. The lowest BCUT2D eigenvalue weighted by molar-refractivity contribution is -0.125. The molecule has 1 atom stereocenters. The highest BCUT2D eigenvalue weighted by molar-refractivity contribution is 6.06. The lowest BCUT2D eigenvalue weighted by Crippen LogP contribution is -2.53. The molecule has 0 saturated carbocycles. The van der Waals surface area contributed by atoms with Crippen LogP contribution in [0.5, 0.6) is 0 Å². The molecule has 0 fully saturated rings. The monoisotopic (exact) mass is 539 g/mol. The number of nitrogens with one attached hydrogen (secondary N) is 2. The molecule has 0 bridgehead atoms. The average molecular weight is 540 g/mol. The van der Waals surface area contributed by atoms with Crippen molar-refractivity contribution in [3.8, 4) is 6.07 Å². The maximum atomic E-state index is 14.9. The summed E-state index contributed by atoms with van der Waals surface area (Å²) >= 11 is 0. The van der Waals surface area contributed by atoms with Gasteiger partial charge in [-0.1, -0.05) is 26.8 Å². The van der Waals surface area contributed by atoms with Gasteiger partial charge in [-0.05, 0) is 29.7 Å². The Labute approximate surface area is 220 Å². The van der Waals surface area contributed by atoms with Gasteiger partial charge in [0.05, 0.1) is 24.7 Å². The summed E-state index contributed by atoms with van der Waals surface area (Å²) in [5, 5.41) is 25.9. The molecule has 10 nitrogen and oxygen atoms in total. The van der Waals surface area contributed by atoms with Crippen molar-refractivity contribution in [2.24, 2.45) is 5.41 Å². The maximum Gasteiger partial charge on any atom is 0.273 e. The Kier molecular flexibility index (Phi) is 7.40. The van der Waals surface area contributed by atoms with Gasteiger partial charge in [-0.15, -0.1) is 10.2 Å². The molecular weight excluding hydrogens is 515 g/mol. The van der Waals surface area contributed by atoms with Crippen LogP contribution in [0.1, 0.15) is 54.2 Å². The Morgan fingerprint density at radius 1 is 1.13 bits per heavy atom. The van der Waals surface area contributed by atoms with E-state index in [1.807, 2.05) is 6.07 Å². The fraction of sp³-hybridized carbons (Fsp3) is 0.308. The third kappa shape index (κ3) is 5.74. The van der Waals surface area contributed by atoms with Crippen LogP contribution in [0.25, 0.3) is 10.9 Å². The number of hydrogen-bond acceptors (Lipinski definition) is 7. The number of aromatic nitrogens is 4. The van der Waals surface area contributed by atoms with Crippen molar-refractivity contribution >= 4 is 22.7 Å². The van der Waals surface area contributed by atoms with E-state index in [4.69, 9.17) is 9.68 Å². The van der Waals surface area contributed by atoms with Crippen LogP contribution in [0.4, 0.5) is 13.2 Å². The molecule has 2 aromatic carbocycles. The minimum absolute atomic E-state index is 0.0325.